The van der Waals surface area contributed by atoms with Crippen LogP contribution in [-0.4, -0.2) is 59.6 Å². The lowest BCUT2D eigenvalue weighted by Crippen LogP contribution is -2.39. The van der Waals surface area contributed by atoms with Crippen molar-refractivity contribution in [1.82, 2.24) is 9.80 Å². The van der Waals surface area contributed by atoms with Gasteiger partial charge >= 0.3 is 0 Å². The summed E-state index contributed by atoms with van der Waals surface area (Å²) in [6.07, 6.45) is 0.733. The maximum absolute atomic E-state index is 12.9. The Balaban J connectivity index is 1.66. The van der Waals surface area contributed by atoms with Crippen molar-refractivity contribution in [2.24, 2.45) is 0 Å². The van der Waals surface area contributed by atoms with Gasteiger partial charge in [0.05, 0.1) is 20.1 Å². The van der Waals surface area contributed by atoms with Crippen LogP contribution in [0.25, 0.3) is 0 Å². The van der Waals surface area contributed by atoms with E-state index in [4.69, 9.17) is 21.7 Å². The average Bonchev–Trinajstić information content (AvgIpc) is 3.02. The Morgan fingerprint density at radius 1 is 1.06 bits per heavy atom. The van der Waals surface area contributed by atoms with E-state index >= 15 is 0 Å². The number of anilines is 1. The summed E-state index contributed by atoms with van der Waals surface area (Å²) in [4.78, 5) is 29.1. The Bertz CT molecular complexity index is 947. The normalized spacial score (nSPS) is 15.8. The van der Waals surface area contributed by atoms with E-state index in [0.29, 0.717) is 36.9 Å². The van der Waals surface area contributed by atoms with E-state index in [1.165, 1.54) is 0 Å². The fourth-order valence-corrected chi connectivity index (χ4v) is 4.10. The van der Waals surface area contributed by atoms with Crippen molar-refractivity contribution in [1.29, 1.82) is 0 Å². The van der Waals surface area contributed by atoms with E-state index in [2.05, 4.69) is 5.32 Å². The van der Waals surface area contributed by atoms with E-state index in [1.807, 2.05) is 43.0 Å². The number of methoxy groups -OCH3 is 1. The standard InChI is InChI=1S/C24H29N3O4S/c1-4-26-23(29)21(16-22(28)25-18-8-12-20(13-9-18)31-5-2)27(24(26)32)15-14-17-6-10-19(30-3)11-7-17/h6-13,21H,4-5,14-16H2,1-3H3,(H,25,28). The molecule has 0 radical (unpaired) electrons. The molecule has 2 aromatic rings. The van der Waals surface area contributed by atoms with Crippen LogP contribution in [0.4, 0.5) is 5.69 Å². The van der Waals surface area contributed by atoms with Crippen molar-refractivity contribution in [3.63, 3.8) is 0 Å². The number of carbonyl (C=O) groups excluding carboxylic acids is 2. The van der Waals surface area contributed by atoms with Crippen molar-refractivity contribution in [2.75, 3.05) is 32.1 Å². The molecule has 170 valence electrons. The Morgan fingerprint density at radius 3 is 2.31 bits per heavy atom. The highest BCUT2D eigenvalue weighted by Gasteiger charge is 2.42. The lowest BCUT2D eigenvalue weighted by molar-refractivity contribution is -0.130. The van der Waals surface area contributed by atoms with Gasteiger partial charge in [-0.05, 0) is 74.4 Å². The molecule has 32 heavy (non-hydrogen) atoms. The smallest absolute Gasteiger partial charge is 0.252 e. The predicted molar refractivity (Wildman–Crippen MR) is 128 cm³/mol. The first-order valence-electron chi connectivity index (χ1n) is 10.7. The van der Waals surface area contributed by atoms with E-state index in [9.17, 15) is 9.59 Å². The lowest BCUT2D eigenvalue weighted by Gasteiger charge is -2.23. The Morgan fingerprint density at radius 2 is 1.72 bits per heavy atom. The molecule has 2 aromatic carbocycles. The fourth-order valence-electron chi connectivity index (χ4n) is 3.67. The molecule has 1 aliphatic rings. The number of rotatable bonds is 10. The second-order valence-corrected chi connectivity index (χ2v) is 7.75. The van der Waals surface area contributed by atoms with Crippen LogP contribution in [0.1, 0.15) is 25.8 Å². The molecule has 1 heterocycles. The molecule has 3 rings (SSSR count). The molecule has 0 spiro atoms. The number of likely N-dealkylation sites (N-methyl/N-ethyl adjacent to an activating group) is 1. The van der Waals surface area contributed by atoms with Crippen molar-refractivity contribution >= 4 is 34.8 Å². The first-order chi connectivity index (χ1) is 15.5. The first kappa shape index (κ1) is 23.5. The molecule has 0 aromatic heterocycles. The monoisotopic (exact) mass is 455 g/mol. The van der Waals surface area contributed by atoms with Gasteiger partial charge in [0.15, 0.2) is 5.11 Å². The lowest BCUT2D eigenvalue weighted by atomic mass is 10.1. The number of nitrogens with zero attached hydrogens (tertiary/aromatic N) is 2. The molecule has 1 fully saturated rings. The molecular weight excluding hydrogens is 426 g/mol. The highest BCUT2D eigenvalue weighted by molar-refractivity contribution is 7.80. The third kappa shape index (κ3) is 5.56. The highest BCUT2D eigenvalue weighted by Crippen LogP contribution is 2.23. The summed E-state index contributed by atoms with van der Waals surface area (Å²) >= 11 is 5.56. The van der Waals surface area contributed by atoms with Crippen LogP contribution in [0.15, 0.2) is 48.5 Å². The van der Waals surface area contributed by atoms with Crippen molar-refractivity contribution < 1.29 is 19.1 Å². The van der Waals surface area contributed by atoms with Gasteiger partial charge in [0.1, 0.15) is 17.5 Å². The van der Waals surface area contributed by atoms with E-state index in [0.717, 1.165) is 17.1 Å². The van der Waals surface area contributed by atoms with Gasteiger partial charge < -0.3 is 19.7 Å². The Labute approximate surface area is 194 Å². The van der Waals surface area contributed by atoms with Gasteiger partial charge in [-0.2, -0.15) is 0 Å². The Kier molecular flexibility index (Phi) is 8.05. The quantitative estimate of drug-likeness (QED) is 0.553. The van der Waals surface area contributed by atoms with Gasteiger partial charge in [-0.1, -0.05) is 12.1 Å². The number of hydrogen-bond acceptors (Lipinski definition) is 5. The molecule has 7 nitrogen and oxygen atoms in total. The fraction of sp³-hybridized carbons (Fsp3) is 0.375. The number of ether oxygens (including phenoxy) is 2. The van der Waals surface area contributed by atoms with Gasteiger partial charge in [0, 0.05) is 18.8 Å². The summed E-state index contributed by atoms with van der Waals surface area (Å²) in [6.45, 7) is 5.41. The topological polar surface area (TPSA) is 71.1 Å². The molecule has 1 unspecified atom stereocenters. The van der Waals surface area contributed by atoms with Crippen LogP contribution >= 0.6 is 12.2 Å². The number of benzene rings is 2. The van der Waals surface area contributed by atoms with E-state index in [-0.39, 0.29) is 18.2 Å². The molecule has 1 atom stereocenters. The van der Waals surface area contributed by atoms with Gasteiger partial charge in [0.2, 0.25) is 5.91 Å². The number of hydrogen-bond donors (Lipinski definition) is 1. The number of carbonyl (C=O) groups is 2. The maximum atomic E-state index is 12.9. The molecule has 1 N–H and O–H groups in total. The van der Waals surface area contributed by atoms with Gasteiger partial charge in [-0.15, -0.1) is 0 Å². The zero-order chi connectivity index (χ0) is 23.1. The minimum atomic E-state index is -0.608. The predicted octanol–water partition coefficient (Wildman–Crippen LogP) is 3.48. The van der Waals surface area contributed by atoms with Gasteiger partial charge in [-0.3, -0.25) is 14.5 Å². The Hall–Kier alpha value is -3.13. The number of nitrogens with one attached hydrogen (secondary N) is 1. The third-order valence-corrected chi connectivity index (χ3v) is 5.80. The molecule has 1 saturated heterocycles. The highest BCUT2D eigenvalue weighted by atomic mass is 32.1. The van der Waals surface area contributed by atoms with Crippen molar-refractivity contribution in [3.05, 3.63) is 54.1 Å². The molecule has 0 saturated carbocycles. The molecule has 2 amide bonds. The summed E-state index contributed by atoms with van der Waals surface area (Å²) in [7, 11) is 1.63. The molecular formula is C24H29N3O4S. The van der Waals surface area contributed by atoms with Crippen LogP contribution in [-0.2, 0) is 16.0 Å². The zero-order valence-corrected chi connectivity index (χ0v) is 19.5. The minimum Gasteiger partial charge on any atom is -0.497 e. The summed E-state index contributed by atoms with van der Waals surface area (Å²) in [5, 5.41) is 3.34. The van der Waals surface area contributed by atoms with E-state index < -0.39 is 6.04 Å². The van der Waals surface area contributed by atoms with Crippen molar-refractivity contribution in [2.45, 2.75) is 32.7 Å². The third-order valence-electron chi connectivity index (χ3n) is 5.35. The van der Waals surface area contributed by atoms with E-state index in [1.54, 1.807) is 36.3 Å². The van der Waals surface area contributed by atoms with Crippen LogP contribution in [0.5, 0.6) is 11.5 Å². The van der Waals surface area contributed by atoms with Crippen LogP contribution in [0.3, 0.4) is 0 Å². The van der Waals surface area contributed by atoms with Crippen LogP contribution in [0, 0.1) is 0 Å². The molecule has 1 aliphatic heterocycles. The van der Waals surface area contributed by atoms with Crippen LogP contribution in [0.2, 0.25) is 0 Å². The summed E-state index contributed by atoms with van der Waals surface area (Å²) in [5.41, 5.74) is 1.76. The summed E-state index contributed by atoms with van der Waals surface area (Å²) in [5.74, 6) is 1.17. The largest absolute Gasteiger partial charge is 0.497 e. The van der Waals surface area contributed by atoms with Gasteiger partial charge in [0.25, 0.3) is 5.91 Å². The zero-order valence-electron chi connectivity index (χ0n) is 18.7. The number of thiocarbonyl (C=S) groups is 1. The summed E-state index contributed by atoms with van der Waals surface area (Å²) < 4.78 is 10.6. The second kappa shape index (κ2) is 10.9. The SMILES string of the molecule is CCOc1ccc(NC(=O)CC2C(=O)N(CC)C(=S)N2CCc2ccc(OC)cc2)cc1. The maximum Gasteiger partial charge on any atom is 0.252 e. The second-order valence-electron chi connectivity index (χ2n) is 7.38. The first-order valence-corrected chi connectivity index (χ1v) is 11.1. The summed E-state index contributed by atoms with van der Waals surface area (Å²) in [6, 6.07) is 14.3. The minimum absolute atomic E-state index is 0.0330. The average molecular weight is 456 g/mol. The van der Waals surface area contributed by atoms with Crippen LogP contribution < -0.4 is 14.8 Å². The number of amides is 2. The van der Waals surface area contributed by atoms with Crippen molar-refractivity contribution in [3.8, 4) is 11.5 Å². The van der Waals surface area contributed by atoms with Gasteiger partial charge in [-0.25, -0.2) is 0 Å². The molecule has 0 aliphatic carbocycles. The molecule has 8 heteroatoms. The molecule has 0 bridgehead atoms.